The third kappa shape index (κ3) is 9.26. The standard InChI is InChI=1S/C14H25NO4S2/c1-14(2)5-3-11(19-10-14)9-12(16)15-6-8-21-20-7-4-13(17)18/h11H,3-10H2,1-2H3,(H,15,16)(H,17,18). The lowest BCUT2D eigenvalue weighted by molar-refractivity contribution is -0.136. The van der Waals surface area contributed by atoms with Crippen LogP contribution in [0.4, 0.5) is 0 Å². The molecule has 122 valence electrons. The summed E-state index contributed by atoms with van der Waals surface area (Å²) in [4.78, 5) is 22.1. The first kappa shape index (κ1) is 18.6. The van der Waals surface area contributed by atoms with Gasteiger partial charge < -0.3 is 15.2 Å². The first-order valence-electron chi connectivity index (χ1n) is 7.23. The lowest BCUT2D eigenvalue weighted by Crippen LogP contribution is -2.36. The van der Waals surface area contributed by atoms with Crippen molar-refractivity contribution in [2.24, 2.45) is 5.41 Å². The molecule has 0 aromatic heterocycles. The predicted octanol–water partition coefficient (Wildman–Crippen LogP) is 2.55. The van der Waals surface area contributed by atoms with Crippen LogP contribution in [0, 0.1) is 5.41 Å². The second-order valence-electron chi connectivity index (χ2n) is 5.98. The Labute approximate surface area is 134 Å². The summed E-state index contributed by atoms with van der Waals surface area (Å²) in [6.07, 6.45) is 2.71. The lowest BCUT2D eigenvalue weighted by Gasteiger charge is -2.34. The van der Waals surface area contributed by atoms with Crippen LogP contribution in [0.25, 0.3) is 0 Å². The van der Waals surface area contributed by atoms with Crippen molar-refractivity contribution in [1.29, 1.82) is 0 Å². The normalized spacial score (nSPS) is 21.0. The van der Waals surface area contributed by atoms with Gasteiger partial charge in [-0.2, -0.15) is 0 Å². The van der Waals surface area contributed by atoms with E-state index in [0.717, 1.165) is 25.2 Å². The SMILES string of the molecule is CC1(C)CCC(CC(=O)NCCSSCCC(=O)O)OC1. The molecule has 7 heteroatoms. The Morgan fingerprint density at radius 3 is 2.67 bits per heavy atom. The Morgan fingerprint density at radius 1 is 1.33 bits per heavy atom. The van der Waals surface area contributed by atoms with Crippen LogP contribution in [0.1, 0.15) is 39.5 Å². The molecule has 1 aliphatic heterocycles. The monoisotopic (exact) mass is 335 g/mol. The lowest BCUT2D eigenvalue weighted by atomic mass is 9.85. The second kappa shape index (κ2) is 9.58. The third-order valence-corrected chi connectivity index (χ3v) is 5.66. The molecule has 1 fully saturated rings. The summed E-state index contributed by atoms with van der Waals surface area (Å²) in [7, 11) is 3.12. The number of carboxylic acid groups (broad SMARTS) is 1. The van der Waals surface area contributed by atoms with Gasteiger partial charge in [-0.15, -0.1) is 0 Å². The van der Waals surface area contributed by atoms with E-state index >= 15 is 0 Å². The molecule has 1 saturated heterocycles. The number of carboxylic acids is 1. The van der Waals surface area contributed by atoms with Crippen molar-refractivity contribution in [1.82, 2.24) is 5.32 Å². The molecule has 0 bridgehead atoms. The number of aliphatic carboxylic acids is 1. The van der Waals surface area contributed by atoms with Gasteiger partial charge in [-0.25, -0.2) is 0 Å². The molecule has 21 heavy (non-hydrogen) atoms. The van der Waals surface area contributed by atoms with Gasteiger partial charge in [0, 0.05) is 18.1 Å². The zero-order valence-electron chi connectivity index (χ0n) is 12.7. The summed E-state index contributed by atoms with van der Waals surface area (Å²) in [5, 5.41) is 11.4. The average Bonchev–Trinajstić information content (AvgIpc) is 2.40. The van der Waals surface area contributed by atoms with E-state index in [1.165, 1.54) is 10.8 Å². The molecule has 1 unspecified atom stereocenters. The van der Waals surface area contributed by atoms with Gasteiger partial charge in [0.25, 0.3) is 0 Å². The molecule has 1 atom stereocenters. The van der Waals surface area contributed by atoms with Crippen LogP contribution in [-0.4, -0.2) is 47.7 Å². The van der Waals surface area contributed by atoms with Crippen molar-refractivity contribution in [3.63, 3.8) is 0 Å². The van der Waals surface area contributed by atoms with Crippen LogP contribution in [0.5, 0.6) is 0 Å². The molecule has 0 aromatic carbocycles. The van der Waals surface area contributed by atoms with E-state index in [0.29, 0.717) is 18.7 Å². The highest BCUT2D eigenvalue weighted by Gasteiger charge is 2.28. The number of ether oxygens (including phenoxy) is 1. The average molecular weight is 335 g/mol. The molecule has 0 radical (unpaired) electrons. The predicted molar refractivity (Wildman–Crippen MR) is 87.6 cm³/mol. The van der Waals surface area contributed by atoms with Gasteiger partial charge >= 0.3 is 5.97 Å². The van der Waals surface area contributed by atoms with Gasteiger partial charge in [0.1, 0.15) is 0 Å². The van der Waals surface area contributed by atoms with Crippen LogP contribution in [0.3, 0.4) is 0 Å². The Kier molecular flexibility index (Phi) is 8.51. The number of nitrogens with one attached hydrogen (secondary N) is 1. The summed E-state index contributed by atoms with van der Waals surface area (Å²) in [5.74, 6) is 0.650. The molecule has 0 aliphatic carbocycles. The van der Waals surface area contributed by atoms with Gasteiger partial charge in [0.05, 0.1) is 25.6 Å². The maximum atomic E-state index is 11.8. The van der Waals surface area contributed by atoms with E-state index in [2.05, 4.69) is 19.2 Å². The highest BCUT2D eigenvalue weighted by Crippen LogP contribution is 2.30. The van der Waals surface area contributed by atoms with Gasteiger partial charge in [0.15, 0.2) is 0 Å². The summed E-state index contributed by atoms with van der Waals surface area (Å²) in [5.41, 5.74) is 0.233. The number of hydrogen-bond donors (Lipinski definition) is 2. The molecule has 1 heterocycles. The maximum Gasteiger partial charge on any atom is 0.304 e. The minimum absolute atomic E-state index is 0.0378. The number of rotatable bonds is 9. The highest BCUT2D eigenvalue weighted by molar-refractivity contribution is 8.76. The summed E-state index contributed by atoms with van der Waals surface area (Å²) < 4.78 is 5.72. The van der Waals surface area contributed by atoms with Crippen LogP contribution in [-0.2, 0) is 14.3 Å². The maximum absolute atomic E-state index is 11.8. The van der Waals surface area contributed by atoms with Crippen LogP contribution >= 0.6 is 21.6 Å². The van der Waals surface area contributed by atoms with E-state index in [1.807, 2.05) is 0 Å². The number of amides is 1. The van der Waals surface area contributed by atoms with Crippen molar-refractivity contribution in [3.05, 3.63) is 0 Å². The largest absolute Gasteiger partial charge is 0.481 e. The number of carbonyl (C=O) groups excluding carboxylic acids is 1. The fourth-order valence-corrected chi connectivity index (χ4v) is 3.86. The van der Waals surface area contributed by atoms with Crippen molar-refractivity contribution in [3.8, 4) is 0 Å². The quantitative estimate of drug-likeness (QED) is 0.498. The molecular formula is C14H25NO4S2. The summed E-state index contributed by atoms with van der Waals surface area (Å²) in [6.45, 7) is 5.70. The number of hydrogen-bond acceptors (Lipinski definition) is 5. The third-order valence-electron chi connectivity index (χ3n) is 3.26. The molecule has 0 saturated carbocycles. The van der Waals surface area contributed by atoms with Gasteiger partial charge in [-0.05, 0) is 18.3 Å². The first-order valence-corrected chi connectivity index (χ1v) is 9.72. The van der Waals surface area contributed by atoms with E-state index in [-0.39, 0.29) is 23.8 Å². The van der Waals surface area contributed by atoms with E-state index in [1.54, 1.807) is 10.8 Å². The van der Waals surface area contributed by atoms with Gasteiger partial charge in [-0.1, -0.05) is 35.4 Å². The minimum atomic E-state index is -0.771. The van der Waals surface area contributed by atoms with Crippen molar-refractivity contribution < 1.29 is 19.4 Å². The Hall–Kier alpha value is -0.400. The van der Waals surface area contributed by atoms with Crippen molar-refractivity contribution >= 4 is 33.5 Å². The fraction of sp³-hybridized carbons (Fsp3) is 0.857. The van der Waals surface area contributed by atoms with Crippen LogP contribution in [0.2, 0.25) is 0 Å². The molecule has 5 nitrogen and oxygen atoms in total. The molecular weight excluding hydrogens is 310 g/mol. The Bertz CT molecular complexity index is 340. The zero-order chi connectivity index (χ0) is 15.7. The highest BCUT2D eigenvalue weighted by atomic mass is 33.1. The van der Waals surface area contributed by atoms with Crippen LogP contribution in [0.15, 0.2) is 0 Å². The number of carbonyl (C=O) groups is 2. The zero-order valence-corrected chi connectivity index (χ0v) is 14.4. The van der Waals surface area contributed by atoms with Crippen molar-refractivity contribution in [2.45, 2.75) is 45.6 Å². The Balaban J connectivity index is 1.98. The van der Waals surface area contributed by atoms with E-state index < -0.39 is 5.97 Å². The summed E-state index contributed by atoms with van der Waals surface area (Å²) >= 11 is 0. The smallest absolute Gasteiger partial charge is 0.304 e. The summed E-state index contributed by atoms with van der Waals surface area (Å²) in [6, 6.07) is 0. The molecule has 0 spiro atoms. The van der Waals surface area contributed by atoms with E-state index in [4.69, 9.17) is 9.84 Å². The molecule has 1 amide bonds. The molecule has 1 aliphatic rings. The topological polar surface area (TPSA) is 75.6 Å². The second-order valence-corrected chi connectivity index (χ2v) is 8.68. The van der Waals surface area contributed by atoms with Crippen LogP contribution < -0.4 is 5.32 Å². The minimum Gasteiger partial charge on any atom is -0.481 e. The Morgan fingerprint density at radius 2 is 2.05 bits per heavy atom. The first-order chi connectivity index (χ1) is 9.89. The molecule has 0 aromatic rings. The van der Waals surface area contributed by atoms with Gasteiger partial charge in [-0.3, -0.25) is 9.59 Å². The molecule has 1 rings (SSSR count). The fourth-order valence-electron chi connectivity index (χ4n) is 1.97. The van der Waals surface area contributed by atoms with Gasteiger partial charge in [0.2, 0.25) is 5.91 Å². The van der Waals surface area contributed by atoms with Crippen molar-refractivity contribution in [2.75, 3.05) is 24.7 Å². The molecule has 2 N–H and O–H groups in total. The van der Waals surface area contributed by atoms with E-state index in [9.17, 15) is 9.59 Å².